The first-order valence-corrected chi connectivity index (χ1v) is 17.2. The summed E-state index contributed by atoms with van der Waals surface area (Å²) in [5, 5.41) is 32.7. The van der Waals surface area contributed by atoms with E-state index in [4.69, 9.17) is 14.2 Å². The van der Waals surface area contributed by atoms with Crippen molar-refractivity contribution in [2.75, 3.05) is 20.1 Å². The van der Waals surface area contributed by atoms with Crippen LogP contribution in [0, 0.1) is 0 Å². The van der Waals surface area contributed by atoms with Crippen molar-refractivity contribution in [3.05, 3.63) is 137 Å². The molecule has 5 atom stereocenters. The van der Waals surface area contributed by atoms with E-state index in [1.165, 1.54) is 0 Å². The van der Waals surface area contributed by atoms with Crippen molar-refractivity contribution in [1.29, 1.82) is 0 Å². The van der Waals surface area contributed by atoms with E-state index in [2.05, 4.69) is 5.32 Å². The van der Waals surface area contributed by atoms with Gasteiger partial charge < -0.3 is 39.7 Å². The summed E-state index contributed by atoms with van der Waals surface area (Å²) in [6.45, 7) is 0.831. The molecule has 2 aliphatic rings. The summed E-state index contributed by atoms with van der Waals surface area (Å²) in [6, 6.07) is 29.6. The number of amides is 3. The monoisotopic (exact) mass is 709 g/mol. The normalized spacial score (nSPS) is 21.0. The molecule has 0 radical (unpaired) electrons. The number of carbonyl (C=O) groups is 3. The number of carbonyl (C=O) groups excluding carboxylic acids is 3. The zero-order chi connectivity index (χ0) is 36.6. The van der Waals surface area contributed by atoms with Gasteiger partial charge in [0.1, 0.15) is 18.4 Å². The Morgan fingerprint density at radius 1 is 0.923 bits per heavy atom. The quantitative estimate of drug-likeness (QED) is 0.144. The molecule has 3 amide bonds. The van der Waals surface area contributed by atoms with Crippen LogP contribution >= 0.6 is 0 Å². The Morgan fingerprint density at radius 3 is 2.35 bits per heavy atom. The SMILES string of the molecule is CN(C[C@H]1C[C@@H](c2ccc(CO)cc2)O[C@@H](c2ccc(CN3C(=O)CC(NC(=O)OCc4ccccc4)C3=O)cc2)O1)C[C@@H](O)c1cccc(O)c1. The molecule has 6 rings (SSSR count). The largest absolute Gasteiger partial charge is 0.508 e. The van der Waals surface area contributed by atoms with Crippen molar-refractivity contribution in [3.8, 4) is 5.75 Å². The predicted octanol–water partition coefficient (Wildman–Crippen LogP) is 4.65. The maximum absolute atomic E-state index is 13.1. The number of aromatic hydroxyl groups is 1. The highest BCUT2D eigenvalue weighted by atomic mass is 16.7. The van der Waals surface area contributed by atoms with E-state index >= 15 is 0 Å². The number of imide groups is 1. The number of aliphatic hydroxyl groups is 2. The molecule has 0 spiro atoms. The first-order chi connectivity index (χ1) is 25.1. The summed E-state index contributed by atoms with van der Waals surface area (Å²) in [7, 11) is 1.90. The molecule has 4 aromatic rings. The average molecular weight is 710 g/mol. The number of hydrogen-bond donors (Lipinski definition) is 4. The topological polar surface area (TPSA) is 158 Å². The van der Waals surface area contributed by atoms with Gasteiger partial charge in [-0.05, 0) is 47.0 Å². The Morgan fingerprint density at radius 2 is 1.63 bits per heavy atom. The van der Waals surface area contributed by atoms with E-state index in [-0.39, 0.29) is 44.1 Å². The van der Waals surface area contributed by atoms with E-state index in [0.29, 0.717) is 30.6 Å². The van der Waals surface area contributed by atoms with E-state index in [1.807, 2.05) is 90.8 Å². The summed E-state index contributed by atoms with van der Waals surface area (Å²) >= 11 is 0. The van der Waals surface area contributed by atoms with Gasteiger partial charge in [-0.3, -0.25) is 14.5 Å². The second kappa shape index (κ2) is 16.9. The molecule has 0 aromatic heterocycles. The second-order valence-electron chi connectivity index (χ2n) is 13.2. The maximum Gasteiger partial charge on any atom is 0.408 e. The lowest BCUT2D eigenvalue weighted by Crippen LogP contribution is -2.41. The zero-order valence-corrected chi connectivity index (χ0v) is 28.8. The Bertz CT molecular complexity index is 1820. The highest BCUT2D eigenvalue weighted by Crippen LogP contribution is 2.38. The maximum atomic E-state index is 13.1. The van der Waals surface area contributed by atoms with Gasteiger partial charge >= 0.3 is 6.09 Å². The van der Waals surface area contributed by atoms with Gasteiger partial charge in [0.05, 0.1) is 37.9 Å². The van der Waals surface area contributed by atoms with Gasteiger partial charge in [-0.1, -0.05) is 91.0 Å². The molecule has 0 aliphatic carbocycles. The van der Waals surface area contributed by atoms with Gasteiger partial charge in [-0.15, -0.1) is 0 Å². The number of nitrogens with zero attached hydrogens (tertiary/aromatic N) is 2. The zero-order valence-electron chi connectivity index (χ0n) is 28.8. The number of ether oxygens (including phenoxy) is 3. The molecule has 52 heavy (non-hydrogen) atoms. The Labute approximate surface area is 302 Å². The standard InChI is InChI=1S/C40H43N3O9/c1-42(23-35(46)31-8-5-9-32(45)18-31)22-33-19-36(29-14-12-27(24-44)13-15-29)52-39(51-33)30-16-10-26(11-17-30)21-43-37(47)20-34(38(43)48)41-40(49)50-25-28-6-3-2-4-7-28/h2-18,33-36,39,44-46H,19-25H2,1H3,(H,41,49)/t33-,34?,35-,36+,39+/m1/s1. The van der Waals surface area contributed by atoms with Gasteiger partial charge in [-0.2, -0.15) is 0 Å². The van der Waals surface area contributed by atoms with Crippen molar-refractivity contribution in [2.24, 2.45) is 0 Å². The number of hydrogen-bond acceptors (Lipinski definition) is 10. The average Bonchev–Trinajstić information content (AvgIpc) is 3.41. The summed E-state index contributed by atoms with van der Waals surface area (Å²) < 4.78 is 18.1. The molecule has 4 N–H and O–H groups in total. The smallest absolute Gasteiger partial charge is 0.408 e. The number of rotatable bonds is 13. The van der Waals surface area contributed by atoms with Crippen molar-refractivity contribution in [2.45, 2.75) is 63.2 Å². The number of likely N-dealkylation sites (N-methyl/N-ethyl adjacent to an activating group) is 1. The third-order valence-electron chi connectivity index (χ3n) is 9.21. The molecule has 2 saturated heterocycles. The predicted molar refractivity (Wildman–Crippen MR) is 189 cm³/mol. The van der Waals surface area contributed by atoms with Crippen molar-refractivity contribution < 1.29 is 43.9 Å². The molecule has 0 saturated carbocycles. The van der Waals surface area contributed by atoms with Crippen LogP contribution < -0.4 is 5.32 Å². The van der Waals surface area contributed by atoms with Gasteiger partial charge in [0.2, 0.25) is 5.91 Å². The number of phenols is 1. The molecule has 1 unspecified atom stereocenters. The van der Waals surface area contributed by atoms with Crippen molar-refractivity contribution >= 4 is 17.9 Å². The van der Waals surface area contributed by atoms with Gasteiger partial charge in [-0.25, -0.2) is 4.79 Å². The summed E-state index contributed by atoms with van der Waals surface area (Å²) in [5.74, 6) is -0.800. The Kier molecular flexibility index (Phi) is 11.9. The second-order valence-corrected chi connectivity index (χ2v) is 13.2. The highest BCUT2D eigenvalue weighted by Gasteiger charge is 2.40. The molecule has 2 fully saturated rings. The van der Waals surface area contributed by atoms with Gasteiger partial charge in [0, 0.05) is 25.1 Å². The fourth-order valence-corrected chi connectivity index (χ4v) is 6.42. The number of aliphatic hydroxyl groups excluding tert-OH is 2. The summed E-state index contributed by atoms with van der Waals surface area (Å²) in [5.41, 5.74) is 4.60. The Hall–Kier alpha value is -5.11. The van der Waals surface area contributed by atoms with Crippen LogP contribution in [0.1, 0.15) is 64.7 Å². The van der Waals surface area contributed by atoms with Crippen LogP contribution in [0.2, 0.25) is 0 Å². The number of nitrogens with one attached hydrogen (secondary N) is 1. The van der Waals surface area contributed by atoms with E-state index in [9.17, 15) is 29.7 Å². The first kappa shape index (κ1) is 36.7. The third-order valence-corrected chi connectivity index (χ3v) is 9.21. The third kappa shape index (κ3) is 9.40. The minimum atomic E-state index is -1.00. The van der Waals surface area contributed by atoms with Crippen molar-refractivity contribution in [1.82, 2.24) is 15.1 Å². The lowest BCUT2D eigenvalue weighted by Gasteiger charge is -2.38. The minimum absolute atomic E-state index is 0.0380. The minimum Gasteiger partial charge on any atom is -0.508 e. The molecular formula is C40H43N3O9. The summed E-state index contributed by atoms with van der Waals surface area (Å²) in [4.78, 5) is 41.4. The summed E-state index contributed by atoms with van der Waals surface area (Å²) in [6.07, 6.45) is -2.50. The molecule has 12 heteroatoms. The molecule has 2 heterocycles. The van der Waals surface area contributed by atoms with Crippen LogP contribution in [0.25, 0.3) is 0 Å². The number of benzene rings is 4. The number of alkyl carbamates (subject to hydrolysis) is 1. The molecule has 4 aromatic carbocycles. The number of likely N-dealkylation sites (tertiary alicyclic amines) is 1. The van der Waals surface area contributed by atoms with Gasteiger partial charge in [0.15, 0.2) is 6.29 Å². The van der Waals surface area contributed by atoms with Crippen LogP contribution in [0.15, 0.2) is 103 Å². The van der Waals surface area contributed by atoms with Crippen LogP contribution in [0.5, 0.6) is 5.75 Å². The fourth-order valence-electron chi connectivity index (χ4n) is 6.42. The molecule has 2 aliphatic heterocycles. The van der Waals surface area contributed by atoms with Crippen molar-refractivity contribution in [3.63, 3.8) is 0 Å². The van der Waals surface area contributed by atoms with Crippen LogP contribution in [0.4, 0.5) is 4.79 Å². The molecule has 12 nitrogen and oxygen atoms in total. The van der Waals surface area contributed by atoms with Crippen LogP contribution in [0.3, 0.4) is 0 Å². The highest BCUT2D eigenvalue weighted by molar-refractivity contribution is 6.06. The van der Waals surface area contributed by atoms with E-state index in [0.717, 1.165) is 27.2 Å². The Balaban J connectivity index is 1.09. The lowest BCUT2D eigenvalue weighted by atomic mass is 9.99. The van der Waals surface area contributed by atoms with E-state index < -0.39 is 36.3 Å². The molecular weight excluding hydrogens is 666 g/mol. The molecule has 272 valence electrons. The van der Waals surface area contributed by atoms with Crippen LogP contribution in [-0.4, -0.2) is 75.3 Å². The van der Waals surface area contributed by atoms with Crippen LogP contribution in [-0.2, 0) is 43.6 Å². The van der Waals surface area contributed by atoms with Gasteiger partial charge in [0.25, 0.3) is 5.91 Å². The first-order valence-electron chi connectivity index (χ1n) is 17.2. The fraction of sp³-hybridized carbons (Fsp3) is 0.325. The van der Waals surface area contributed by atoms with E-state index in [1.54, 1.807) is 24.3 Å². The lowest BCUT2D eigenvalue weighted by molar-refractivity contribution is -0.252. The number of phenolic OH excluding ortho intramolecular Hbond substituents is 1. The molecule has 0 bridgehead atoms.